The highest BCUT2D eigenvalue weighted by atomic mass is 35.5. The van der Waals surface area contributed by atoms with Crippen molar-refractivity contribution < 1.29 is 43.2 Å². The monoisotopic (exact) mass is 577 g/mol. The largest absolute Gasteiger partial charge is 0.438 e. The zero-order valence-corrected chi connectivity index (χ0v) is 23.0. The van der Waals surface area contributed by atoms with Gasteiger partial charge in [-0.05, 0) is 45.2 Å². The summed E-state index contributed by atoms with van der Waals surface area (Å²) in [6, 6.07) is 0.265. The molecule has 1 saturated heterocycles. The number of rotatable bonds is 10. The minimum absolute atomic E-state index is 0.0143. The van der Waals surface area contributed by atoms with E-state index in [1.54, 1.807) is 20.8 Å². The van der Waals surface area contributed by atoms with E-state index in [0.29, 0.717) is 16.9 Å². The number of halogens is 1. The molecule has 3 heterocycles. The molecule has 16 heteroatoms. The maximum absolute atomic E-state index is 12.2. The number of aromatic nitrogens is 4. The first-order valence-corrected chi connectivity index (χ1v) is 14.4. The van der Waals surface area contributed by atoms with Crippen LogP contribution in [0.1, 0.15) is 52.7 Å². The first kappa shape index (κ1) is 29.1. The Balaban J connectivity index is 1.36. The molecule has 1 aliphatic carbocycles. The first-order chi connectivity index (χ1) is 17.9. The second-order valence-corrected chi connectivity index (χ2v) is 12.5. The van der Waals surface area contributed by atoms with Gasteiger partial charge in [-0.15, -0.1) is 0 Å². The minimum atomic E-state index is -4.27. The zero-order valence-electron chi connectivity index (χ0n) is 21.3. The molecule has 0 aromatic carbocycles. The Kier molecular flexibility index (Phi) is 8.95. The van der Waals surface area contributed by atoms with E-state index < -0.39 is 56.7 Å². The Bertz CT molecular complexity index is 1190. The van der Waals surface area contributed by atoms with Gasteiger partial charge in [0, 0.05) is 6.04 Å². The third kappa shape index (κ3) is 6.80. The second kappa shape index (κ2) is 11.7. The summed E-state index contributed by atoms with van der Waals surface area (Å²) in [6.45, 7) is 3.83. The summed E-state index contributed by atoms with van der Waals surface area (Å²) in [6.07, 6.45) is 0.0951. The lowest BCUT2D eigenvalue weighted by Crippen LogP contribution is -2.34. The van der Waals surface area contributed by atoms with Crippen LogP contribution in [0.4, 0.5) is 5.82 Å². The number of esters is 1. The molecule has 2 aromatic heterocycles. The summed E-state index contributed by atoms with van der Waals surface area (Å²) in [7, 11) is -4.27. The number of hydrogen-bond acceptors (Lipinski definition) is 12. The van der Waals surface area contributed by atoms with Crippen molar-refractivity contribution in [1.82, 2.24) is 19.7 Å². The number of carbonyl (C=O) groups excluding carboxylic acids is 1. The smallest absolute Gasteiger partial charge is 0.356 e. The Morgan fingerprint density at radius 3 is 2.66 bits per heavy atom. The summed E-state index contributed by atoms with van der Waals surface area (Å²) >= 11 is 6.16. The predicted molar refractivity (Wildman–Crippen MR) is 134 cm³/mol. The Hall–Kier alpha value is -1.90. The molecule has 1 aliphatic heterocycles. The minimum Gasteiger partial charge on any atom is -0.438 e. The number of anilines is 1. The summed E-state index contributed by atoms with van der Waals surface area (Å²) < 4.78 is 34.1. The molecule has 2 aliphatic rings. The maximum atomic E-state index is 12.2. The molecule has 38 heavy (non-hydrogen) atoms. The van der Waals surface area contributed by atoms with Crippen LogP contribution in [0.3, 0.4) is 0 Å². The quantitative estimate of drug-likeness (QED) is 0.139. The van der Waals surface area contributed by atoms with Gasteiger partial charge in [0.05, 0.1) is 23.6 Å². The molecule has 0 spiro atoms. The van der Waals surface area contributed by atoms with Gasteiger partial charge in [0.1, 0.15) is 30.5 Å². The van der Waals surface area contributed by atoms with Gasteiger partial charge in [-0.1, -0.05) is 12.8 Å². The summed E-state index contributed by atoms with van der Waals surface area (Å²) in [5, 5.41) is 29.4. The van der Waals surface area contributed by atoms with E-state index in [9.17, 15) is 24.5 Å². The Morgan fingerprint density at radius 1 is 1.26 bits per heavy atom. The number of nitrogens with one attached hydrogen (secondary N) is 1. The SMILES string of the molecule is CC(C)(C)C(=O)OCOP(=O)(O)COC[C@H]1O[C@@H](n2ncc3c(NC4CCCC4)nc(Cl)nc32)[C@H](O)[C@@H]1O. The number of hydrogen-bond donors (Lipinski definition) is 4. The van der Waals surface area contributed by atoms with Gasteiger partial charge in [0.25, 0.3) is 0 Å². The van der Waals surface area contributed by atoms with Crippen molar-refractivity contribution in [2.45, 2.75) is 77.0 Å². The van der Waals surface area contributed by atoms with Gasteiger partial charge >= 0.3 is 13.6 Å². The van der Waals surface area contributed by atoms with E-state index in [1.165, 1.54) is 10.9 Å². The molecular formula is C22H33ClN5O9P. The van der Waals surface area contributed by atoms with Crippen LogP contribution in [-0.4, -0.2) is 84.9 Å². The second-order valence-electron chi connectivity index (χ2n) is 10.4. The van der Waals surface area contributed by atoms with Crippen molar-refractivity contribution in [2.24, 2.45) is 5.41 Å². The van der Waals surface area contributed by atoms with Gasteiger partial charge in [-0.2, -0.15) is 15.1 Å². The van der Waals surface area contributed by atoms with E-state index >= 15 is 0 Å². The predicted octanol–water partition coefficient (Wildman–Crippen LogP) is 2.18. The number of ether oxygens (including phenoxy) is 3. The van der Waals surface area contributed by atoms with E-state index in [2.05, 4.69) is 20.4 Å². The van der Waals surface area contributed by atoms with Crippen LogP contribution in [0.25, 0.3) is 11.0 Å². The van der Waals surface area contributed by atoms with E-state index in [1.807, 2.05) is 0 Å². The Morgan fingerprint density at radius 2 is 1.97 bits per heavy atom. The van der Waals surface area contributed by atoms with Gasteiger partial charge in [0.2, 0.25) is 12.1 Å². The topological polar surface area (TPSA) is 187 Å². The zero-order chi connectivity index (χ0) is 27.7. The van der Waals surface area contributed by atoms with Crippen molar-refractivity contribution in [2.75, 3.05) is 25.1 Å². The molecule has 4 rings (SSSR count). The molecule has 0 amide bonds. The van der Waals surface area contributed by atoms with Crippen molar-refractivity contribution >= 4 is 42.0 Å². The van der Waals surface area contributed by atoms with Crippen LogP contribution in [0.15, 0.2) is 6.20 Å². The van der Waals surface area contributed by atoms with E-state index in [-0.39, 0.29) is 17.9 Å². The highest BCUT2D eigenvalue weighted by Crippen LogP contribution is 2.42. The van der Waals surface area contributed by atoms with E-state index in [4.69, 9.17) is 30.3 Å². The average Bonchev–Trinajstić information content (AvgIpc) is 3.55. The van der Waals surface area contributed by atoms with Gasteiger partial charge in [0.15, 0.2) is 11.9 Å². The average molecular weight is 578 g/mol. The van der Waals surface area contributed by atoms with Crippen LogP contribution in [-0.2, 0) is 28.1 Å². The number of aliphatic hydroxyl groups is 2. The normalized spacial score (nSPS) is 26.1. The number of fused-ring (bicyclic) bond motifs is 1. The van der Waals surface area contributed by atoms with Gasteiger partial charge < -0.3 is 34.6 Å². The van der Waals surface area contributed by atoms with Crippen LogP contribution in [0.5, 0.6) is 0 Å². The van der Waals surface area contributed by atoms with Crippen molar-refractivity contribution in [3.05, 3.63) is 11.5 Å². The molecule has 2 aromatic rings. The molecular weight excluding hydrogens is 545 g/mol. The highest BCUT2D eigenvalue weighted by molar-refractivity contribution is 7.52. The highest BCUT2D eigenvalue weighted by Gasteiger charge is 2.45. The lowest BCUT2D eigenvalue weighted by Gasteiger charge is -2.19. The fourth-order valence-corrected chi connectivity index (χ4v) is 5.02. The van der Waals surface area contributed by atoms with Crippen molar-refractivity contribution in [1.29, 1.82) is 0 Å². The fraction of sp³-hybridized carbons (Fsp3) is 0.727. The molecule has 2 fully saturated rings. The molecule has 14 nitrogen and oxygen atoms in total. The maximum Gasteiger partial charge on any atom is 0.356 e. The Labute approximate surface area is 224 Å². The lowest BCUT2D eigenvalue weighted by atomic mass is 9.98. The van der Waals surface area contributed by atoms with Gasteiger partial charge in [-0.3, -0.25) is 13.9 Å². The van der Waals surface area contributed by atoms with Crippen LogP contribution >= 0.6 is 19.2 Å². The molecule has 1 saturated carbocycles. The van der Waals surface area contributed by atoms with E-state index in [0.717, 1.165) is 25.7 Å². The molecule has 0 radical (unpaired) electrons. The van der Waals surface area contributed by atoms with Gasteiger partial charge in [-0.25, -0.2) is 4.68 Å². The number of carbonyl (C=O) groups is 1. The third-order valence-corrected chi connectivity index (χ3v) is 7.48. The number of nitrogens with zero attached hydrogens (tertiary/aromatic N) is 4. The van der Waals surface area contributed by atoms with Crippen LogP contribution in [0.2, 0.25) is 5.28 Å². The first-order valence-electron chi connectivity index (χ1n) is 12.3. The molecule has 212 valence electrons. The molecule has 1 unspecified atom stereocenters. The summed E-state index contributed by atoms with van der Waals surface area (Å²) in [5.74, 6) is -0.0713. The summed E-state index contributed by atoms with van der Waals surface area (Å²) in [5.41, 5.74) is -0.487. The standard InChI is InChI=1S/C22H33ClN5O9P/c1-22(2,3)20(31)35-10-36-38(32,33)11-34-9-14-15(29)16(30)19(37-14)28-18-13(8-24-28)17(26-21(23)27-18)25-12-6-4-5-7-12/h8,12,14-16,19,29-30H,4-7,9-11H2,1-3H3,(H,32,33)(H,25,26,27)/t14-,15-,16-,19-/m1/s1. The third-order valence-electron chi connectivity index (χ3n) is 6.29. The van der Waals surface area contributed by atoms with Crippen LogP contribution < -0.4 is 5.32 Å². The summed E-state index contributed by atoms with van der Waals surface area (Å²) in [4.78, 5) is 30.2. The van der Waals surface area contributed by atoms with Crippen LogP contribution in [0, 0.1) is 5.41 Å². The van der Waals surface area contributed by atoms with Crippen molar-refractivity contribution in [3.63, 3.8) is 0 Å². The molecule has 0 bridgehead atoms. The number of aliphatic hydroxyl groups excluding tert-OH is 2. The molecule has 4 N–H and O–H groups in total. The van der Waals surface area contributed by atoms with Crippen molar-refractivity contribution in [3.8, 4) is 0 Å². The fourth-order valence-electron chi connectivity index (χ4n) is 4.23. The lowest BCUT2D eigenvalue weighted by molar-refractivity contribution is -0.160. The molecule has 5 atom stereocenters.